The minimum Gasteiger partial charge on any atom is -0.465 e. The maximum absolute atomic E-state index is 11.2. The molecule has 1 aromatic heterocycles. The first-order valence-corrected chi connectivity index (χ1v) is 10.8. The predicted octanol–water partition coefficient (Wildman–Crippen LogP) is 5.38. The third-order valence-corrected chi connectivity index (χ3v) is 7.09. The molecule has 2 heterocycles. The van der Waals surface area contributed by atoms with Crippen molar-refractivity contribution >= 4 is 40.0 Å². The first-order valence-electron chi connectivity index (χ1n) is 9.63. The van der Waals surface area contributed by atoms with Crippen LogP contribution in [0, 0.1) is 5.92 Å². The van der Waals surface area contributed by atoms with Crippen LogP contribution >= 0.6 is 22.9 Å². The molecule has 1 aromatic rings. The number of fused-ring (bicyclic) bond motifs is 1. The van der Waals surface area contributed by atoms with Crippen LogP contribution in [-0.2, 0) is 10.8 Å². The lowest BCUT2D eigenvalue weighted by Gasteiger charge is -2.37. The zero-order valence-electron chi connectivity index (χ0n) is 17.4. The topological polar surface area (TPSA) is 69.0 Å². The number of hydrogen-bond donors (Lipinski definition) is 1. The van der Waals surface area contributed by atoms with Gasteiger partial charge in [-0.15, -0.1) is 11.3 Å². The van der Waals surface area contributed by atoms with E-state index in [4.69, 9.17) is 16.6 Å². The Morgan fingerprint density at radius 2 is 1.96 bits per heavy atom. The number of hydrogen-bond acceptors (Lipinski definition) is 5. The van der Waals surface area contributed by atoms with Crippen molar-refractivity contribution in [3.05, 3.63) is 21.8 Å². The Kier molecular flexibility index (Phi) is 5.53. The second-order valence-electron chi connectivity index (χ2n) is 9.30. The summed E-state index contributed by atoms with van der Waals surface area (Å²) in [5.41, 5.74) is 1.30. The van der Waals surface area contributed by atoms with Crippen LogP contribution in [0.25, 0.3) is 0 Å². The highest BCUT2D eigenvalue weighted by Gasteiger charge is 2.41. The van der Waals surface area contributed by atoms with Crippen molar-refractivity contribution in [1.82, 2.24) is 9.88 Å². The maximum Gasteiger partial charge on any atom is 0.412 e. The fourth-order valence-corrected chi connectivity index (χ4v) is 5.27. The van der Waals surface area contributed by atoms with Gasteiger partial charge in [-0.3, -0.25) is 4.90 Å². The molecule has 0 bridgehead atoms. The molecule has 1 aliphatic heterocycles. The summed E-state index contributed by atoms with van der Waals surface area (Å²) in [5, 5.41) is 10.4. The van der Waals surface area contributed by atoms with E-state index >= 15 is 0 Å². The maximum atomic E-state index is 11.2. The summed E-state index contributed by atoms with van der Waals surface area (Å²) in [7, 11) is 0. The molecule has 28 heavy (non-hydrogen) atoms. The number of rotatable bonds is 3. The molecule has 1 aliphatic carbocycles. The lowest BCUT2D eigenvalue weighted by Crippen LogP contribution is -2.39. The summed E-state index contributed by atoms with van der Waals surface area (Å²) >= 11 is 8.16. The van der Waals surface area contributed by atoms with Crippen LogP contribution < -0.4 is 4.90 Å². The van der Waals surface area contributed by atoms with Gasteiger partial charge in [0.25, 0.3) is 0 Å². The lowest BCUT2D eigenvalue weighted by atomic mass is 9.69. The number of thiazole rings is 1. The third-order valence-electron chi connectivity index (χ3n) is 5.38. The van der Waals surface area contributed by atoms with Crippen molar-refractivity contribution in [2.75, 3.05) is 18.1 Å². The summed E-state index contributed by atoms with van der Waals surface area (Å²) < 4.78 is 0. The van der Waals surface area contributed by atoms with Gasteiger partial charge in [0, 0.05) is 28.5 Å². The molecular formula is C20H29ClN4O2S. The molecule has 154 valence electrons. The van der Waals surface area contributed by atoms with Crippen LogP contribution in [0.2, 0.25) is 0 Å². The van der Waals surface area contributed by atoms with Crippen molar-refractivity contribution in [3.8, 4) is 0 Å². The largest absolute Gasteiger partial charge is 0.465 e. The molecule has 0 atom stereocenters. The summed E-state index contributed by atoms with van der Waals surface area (Å²) in [6.45, 7) is 14.1. The number of amidine groups is 1. The van der Waals surface area contributed by atoms with Crippen molar-refractivity contribution < 1.29 is 9.90 Å². The van der Waals surface area contributed by atoms with Gasteiger partial charge in [-0.2, -0.15) is 0 Å². The van der Waals surface area contributed by atoms with E-state index in [1.165, 1.54) is 16.8 Å². The fraction of sp³-hybridized carbons (Fsp3) is 0.650. The van der Waals surface area contributed by atoms with Crippen LogP contribution in [-0.4, -0.2) is 40.1 Å². The first kappa shape index (κ1) is 21.1. The van der Waals surface area contributed by atoms with Gasteiger partial charge in [0.05, 0.1) is 10.7 Å². The molecule has 0 radical (unpaired) electrons. The highest BCUT2D eigenvalue weighted by atomic mass is 35.5. The van der Waals surface area contributed by atoms with E-state index in [0.29, 0.717) is 23.3 Å². The number of carbonyl (C=O) groups is 1. The Bertz CT molecular complexity index is 808. The van der Waals surface area contributed by atoms with E-state index in [9.17, 15) is 9.90 Å². The van der Waals surface area contributed by atoms with Gasteiger partial charge >= 0.3 is 6.09 Å². The Balaban J connectivity index is 2.04. The number of aromatic nitrogens is 1. The van der Waals surface area contributed by atoms with Crippen LogP contribution in [0.3, 0.4) is 0 Å². The SMILES string of the molecule is CC(C)CN(C1=NCN(C(=O)O)C=C1Cl)c1nc2c(s1)C(C)(C)CCC2(C)C. The second kappa shape index (κ2) is 7.34. The Morgan fingerprint density at radius 3 is 2.50 bits per heavy atom. The quantitative estimate of drug-likeness (QED) is 0.706. The minimum absolute atomic E-state index is 0.0389. The van der Waals surface area contributed by atoms with Crippen molar-refractivity contribution in [2.45, 2.75) is 65.2 Å². The van der Waals surface area contributed by atoms with Crippen LogP contribution in [0.4, 0.5) is 9.93 Å². The van der Waals surface area contributed by atoms with E-state index in [0.717, 1.165) is 22.9 Å². The van der Waals surface area contributed by atoms with Gasteiger partial charge in [0.1, 0.15) is 6.67 Å². The molecule has 0 spiro atoms. The van der Waals surface area contributed by atoms with Gasteiger partial charge in [-0.05, 0) is 18.8 Å². The fourth-order valence-electron chi connectivity index (χ4n) is 3.60. The first-order chi connectivity index (χ1) is 12.9. The van der Waals surface area contributed by atoms with E-state index in [1.54, 1.807) is 11.3 Å². The Labute approximate surface area is 175 Å². The Morgan fingerprint density at radius 1 is 1.32 bits per heavy atom. The van der Waals surface area contributed by atoms with Gasteiger partial charge in [0.15, 0.2) is 11.0 Å². The van der Waals surface area contributed by atoms with Gasteiger partial charge in [-0.1, -0.05) is 53.1 Å². The van der Waals surface area contributed by atoms with Crippen LogP contribution in [0.1, 0.15) is 65.0 Å². The monoisotopic (exact) mass is 424 g/mol. The molecule has 3 rings (SSSR count). The summed E-state index contributed by atoms with van der Waals surface area (Å²) in [6.07, 6.45) is 2.61. The number of anilines is 1. The number of halogens is 1. The van der Waals surface area contributed by atoms with E-state index in [1.807, 2.05) is 0 Å². The van der Waals surface area contributed by atoms with Gasteiger partial charge in [-0.25, -0.2) is 14.8 Å². The molecule has 1 N–H and O–H groups in total. The number of nitrogens with zero attached hydrogens (tertiary/aromatic N) is 4. The third kappa shape index (κ3) is 3.92. The molecule has 8 heteroatoms. The van der Waals surface area contributed by atoms with Crippen molar-refractivity contribution in [1.29, 1.82) is 0 Å². The number of carboxylic acid groups (broad SMARTS) is 1. The molecule has 0 unspecified atom stereocenters. The zero-order chi connectivity index (χ0) is 20.9. The van der Waals surface area contributed by atoms with Crippen molar-refractivity contribution in [2.24, 2.45) is 10.9 Å². The van der Waals surface area contributed by atoms with E-state index in [2.05, 4.69) is 51.4 Å². The smallest absolute Gasteiger partial charge is 0.412 e. The number of aliphatic imine (C=N–C) groups is 1. The van der Waals surface area contributed by atoms with E-state index in [-0.39, 0.29) is 17.5 Å². The highest BCUT2D eigenvalue weighted by molar-refractivity contribution is 7.16. The van der Waals surface area contributed by atoms with Crippen LogP contribution in [0.15, 0.2) is 16.2 Å². The average Bonchev–Trinajstić information content (AvgIpc) is 3.05. The highest BCUT2D eigenvalue weighted by Crippen LogP contribution is 2.49. The van der Waals surface area contributed by atoms with E-state index < -0.39 is 6.09 Å². The Hall–Kier alpha value is -1.60. The normalized spacial score (nSPS) is 20.5. The zero-order valence-corrected chi connectivity index (χ0v) is 19.0. The molecule has 0 aromatic carbocycles. The summed E-state index contributed by atoms with van der Waals surface area (Å²) in [5.74, 6) is 0.959. The number of amides is 1. The molecule has 0 fully saturated rings. The summed E-state index contributed by atoms with van der Waals surface area (Å²) in [4.78, 5) is 25.2. The molecule has 2 aliphatic rings. The minimum atomic E-state index is -1.07. The van der Waals surface area contributed by atoms with Crippen molar-refractivity contribution in [3.63, 3.8) is 0 Å². The second-order valence-corrected chi connectivity index (χ2v) is 10.7. The van der Waals surface area contributed by atoms with Gasteiger partial charge < -0.3 is 10.0 Å². The molecule has 0 saturated carbocycles. The molecule has 0 saturated heterocycles. The van der Waals surface area contributed by atoms with Crippen LogP contribution in [0.5, 0.6) is 0 Å². The standard InChI is InChI=1S/C20H29ClN4O2S/c1-12(2)9-25(16-13(21)10-24(11-22-16)18(26)27)17-23-14-15(28-17)20(5,6)8-7-19(14,3)4/h10,12H,7-9,11H2,1-6H3,(H,26,27). The molecule has 6 nitrogen and oxygen atoms in total. The van der Waals surface area contributed by atoms with Gasteiger partial charge in [0.2, 0.25) is 0 Å². The average molecular weight is 425 g/mol. The summed E-state index contributed by atoms with van der Waals surface area (Å²) in [6, 6.07) is 0. The molecule has 1 amide bonds. The molecular weight excluding hydrogens is 396 g/mol. The predicted molar refractivity (Wildman–Crippen MR) is 116 cm³/mol. The lowest BCUT2D eigenvalue weighted by molar-refractivity contribution is 0.163.